The molecule has 1 aliphatic heterocycles. The molecule has 8 nitrogen and oxygen atoms in total. The second-order valence-corrected chi connectivity index (χ2v) is 2.91. The third-order valence-electron chi connectivity index (χ3n) is 1.70. The second-order valence-electron chi connectivity index (χ2n) is 2.91. The van der Waals surface area contributed by atoms with Gasteiger partial charge in [-0.2, -0.15) is 0 Å². The first-order valence-corrected chi connectivity index (χ1v) is 4.48. The lowest BCUT2D eigenvalue weighted by Crippen LogP contribution is -2.32. The van der Waals surface area contributed by atoms with Crippen LogP contribution in [0.1, 0.15) is 12.8 Å². The fraction of sp³-hybridized carbons (Fsp3) is 0.222. The molecule has 0 spiro atoms. The molecule has 0 saturated carbocycles. The molecule has 1 aromatic rings. The van der Waals surface area contributed by atoms with Crippen LogP contribution in [0.2, 0.25) is 0 Å². The van der Waals surface area contributed by atoms with Crippen LogP contribution < -0.4 is 4.84 Å². The summed E-state index contributed by atoms with van der Waals surface area (Å²) in [7, 11) is 0. The molecule has 0 radical (unpaired) electrons. The van der Waals surface area contributed by atoms with Crippen LogP contribution in [0.25, 0.3) is 0 Å². The largest absolute Gasteiger partial charge is 0.503 e. The van der Waals surface area contributed by atoms with Crippen molar-refractivity contribution < 1.29 is 33.9 Å². The van der Waals surface area contributed by atoms with Crippen molar-refractivity contribution in [3.8, 4) is 5.75 Å². The molecule has 8 heteroatoms. The molecular weight excluding hydrogens is 234 g/mol. The summed E-state index contributed by atoms with van der Waals surface area (Å²) in [6, 6.07) is 1.53. The summed E-state index contributed by atoms with van der Waals surface area (Å²) in [5.41, 5.74) is 0. The predicted molar refractivity (Wildman–Crippen MR) is 51.1 cm³/mol. The van der Waals surface area contributed by atoms with Gasteiger partial charge < -0.3 is 19.5 Å². The van der Waals surface area contributed by atoms with Crippen molar-refractivity contribution >= 4 is 18.0 Å². The highest BCUT2D eigenvalue weighted by molar-refractivity contribution is 6.00. The zero-order chi connectivity index (χ0) is 12.8. The number of nitrogens with zero attached hydrogens (tertiary/aromatic N) is 1. The summed E-state index contributed by atoms with van der Waals surface area (Å²) in [6.07, 6.45) is 1.33. The Morgan fingerprint density at radius 1 is 1.29 bits per heavy atom. The average molecular weight is 243 g/mol. The Bertz CT molecular complexity index is 391. The Labute approximate surface area is 95.0 Å². The van der Waals surface area contributed by atoms with E-state index in [9.17, 15) is 9.59 Å². The van der Waals surface area contributed by atoms with E-state index in [0.717, 1.165) is 5.06 Å². The normalized spacial score (nSPS) is 14.2. The molecule has 92 valence electrons. The summed E-state index contributed by atoms with van der Waals surface area (Å²) >= 11 is 0. The molecule has 0 aromatic carbocycles. The number of carboxylic acid groups (broad SMARTS) is 2. The van der Waals surface area contributed by atoms with Gasteiger partial charge in [-0.3, -0.25) is 9.59 Å². The number of amides is 2. The topological polar surface area (TPSA) is 117 Å². The fourth-order valence-electron chi connectivity index (χ4n) is 1.07. The summed E-state index contributed by atoms with van der Waals surface area (Å²) in [5, 5.41) is 14.7. The van der Waals surface area contributed by atoms with E-state index in [1.807, 2.05) is 0 Å². The van der Waals surface area contributed by atoms with Crippen LogP contribution in [0.5, 0.6) is 5.75 Å². The summed E-state index contributed by atoms with van der Waals surface area (Å²) in [6.45, 7) is 0. The van der Waals surface area contributed by atoms with Crippen molar-refractivity contribution in [2.24, 2.45) is 0 Å². The highest BCUT2D eigenvalue weighted by Crippen LogP contribution is 2.17. The number of carbonyl (C=O) groups is 3. The minimum absolute atomic E-state index is 0.219. The van der Waals surface area contributed by atoms with Gasteiger partial charge in [0.05, 0.1) is 6.26 Å². The quantitative estimate of drug-likeness (QED) is 0.742. The number of imide groups is 1. The first kappa shape index (κ1) is 12.6. The third kappa shape index (κ3) is 3.86. The van der Waals surface area contributed by atoms with E-state index in [2.05, 4.69) is 0 Å². The van der Waals surface area contributed by atoms with Crippen LogP contribution in [0.4, 0.5) is 4.79 Å². The minimum atomic E-state index is -1.83. The van der Waals surface area contributed by atoms with Gasteiger partial charge in [-0.05, 0) is 0 Å². The van der Waals surface area contributed by atoms with Crippen LogP contribution in [-0.4, -0.2) is 33.2 Å². The maximum atomic E-state index is 11.1. The predicted octanol–water partition coefficient (Wildman–Crippen LogP) is 0.945. The monoisotopic (exact) mass is 243 g/mol. The lowest BCUT2D eigenvalue weighted by Gasteiger charge is -2.11. The van der Waals surface area contributed by atoms with Gasteiger partial charge in [0, 0.05) is 18.9 Å². The Morgan fingerprint density at radius 3 is 2.24 bits per heavy atom. The molecule has 17 heavy (non-hydrogen) atoms. The van der Waals surface area contributed by atoms with Crippen molar-refractivity contribution in [1.29, 1.82) is 0 Å². The van der Waals surface area contributed by atoms with Gasteiger partial charge in [0.1, 0.15) is 6.26 Å². The number of hydroxylamine groups is 2. The second kappa shape index (κ2) is 5.54. The molecular formula is C9H9NO7. The van der Waals surface area contributed by atoms with Gasteiger partial charge in [-0.25, -0.2) is 4.79 Å². The molecule has 1 fully saturated rings. The Balaban J connectivity index is 0.000000317. The Hall–Kier alpha value is -2.51. The van der Waals surface area contributed by atoms with E-state index in [-0.39, 0.29) is 24.7 Å². The molecule has 2 heterocycles. The molecule has 0 atom stereocenters. The molecule has 1 aliphatic rings. The van der Waals surface area contributed by atoms with Crippen LogP contribution in [0.15, 0.2) is 23.0 Å². The van der Waals surface area contributed by atoms with Crippen molar-refractivity contribution in [3.05, 3.63) is 18.6 Å². The number of rotatable bonds is 2. The molecule has 2 N–H and O–H groups in total. The Kier molecular flexibility index (Phi) is 4.09. The van der Waals surface area contributed by atoms with Crippen molar-refractivity contribution in [1.82, 2.24) is 5.06 Å². The lowest BCUT2D eigenvalue weighted by atomic mass is 10.4. The van der Waals surface area contributed by atoms with Crippen LogP contribution in [0, 0.1) is 0 Å². The van der Waals surface area contributed by atoms with Gasteiger partial charge in [-0.1, -0.05) is 0 Å². The molecule has 0 bridgehead atoms. The molecule has 1 aromatic heterocycles. The lowest BCUT2D eigenvalue weighted by molar-refractivity contribution is -0.164. The number of hydrogen-bond donors (Lipinski definition) is 2. The Morgan fingerprint density at radius 2 is 1.82 bits per heavy atom. The summed E-state index contributed by atoms with van der Waals surface area (Å²) in [5.74, 6) is -0.277. The third-order valence-corrected chi connectivity index (χ3v) is 1.70. The smallest absolute Gasteiger partial charge is 0.468 e. The minimum Gasteiger partial charge on any atom is -0.468 e. The van der Waals surface area contributed by atoms with E-state index < -0.39 is 6.16 Å². The van der Waals surface area contributed by atoms with E-state index in [1.165, 1.54) is 18.6 Å². The highest BCUT2D eigenvalue weighted by atomic mass is 16.7. The SMILES string of the molecule is O=C(O)O.O=C1CCC(=O)N1Oc1ccoc1. The van der Waals surface area contributed by atoms with Gasteiger partial charge >= 0.3 is 6.16 Å². The van der Waals surface area contributed by atoms with E-state index >= 15 is 0 Å². The number of hydrogen-bond acceptors (Lipinski definition) is 5. The van der Waals surface area contributed by atoms with E-state index in [1.54, 1.807) is 0 Å². The van der Waals surface area contributed by atoms with Crippen molar-refractivity contribution in [2.45, 2.75) is 12.8 Å². The first-order valence-electron chi connectivity index (χ1n) is 4.48. The van der Waals surface area contributed by atoms with Crippen molar-refractivity contribution in [2.75, 3.05) is 0 Å². The summed E-state index contributed by atoms with van der Waals surface area (Å²) in [4.78, 5) is 35.7. The van der Waals surface area contributed by atoms with E-state index in [4.69, 9.17) is 24.3 Å². The van der Waals surface area contributed by atoms with Crippen LogP contribution >= 0.6 is 0 Å². The fourth-order valence-corrected chi connectivity index (χ4v) is 1.07. The number of carbonyl (C=O) groups excluding carboxylic acids is 2. The molecule has 1 saturated heterocycles. The van der Waals surface area contributed by atoms with Gasteiger partial charge in [-0.15, -0.1) is 5.06 Å². The highest BCUT2D eigenvalue weighted by Gasteiger charge is 2.31. The zero-order valence-electron chi connectivity index (χ0n) is 8.53. The first-order chi connectivity index (χ1) is 8.00. The molecule has 0 unspecified atom stereocenters. The maximum Gasteiger partial charge on any atom is 0.503 e. The van der Waals surface area contributed by atoms with Crippen LogP contribution in [-0.2, 0) is 9.59 Å². The summed E-state index contributed by atoms with van der Waals surface area (Å²) < 4.78 is 4.72. The molecule has 2 amide bonds. The standard InChI is InChI=1S/C8H7NO4.CH2O3/c10-7-1-2-8(11)9(7)13-6-3-4-12-5-6;2-1(3)4/h3-5H,1-2H2;(H2,2,3,4). The average Bonchev–Trinajstić information content (AvgIpc) is 2.82. The van der Waals surface area contributed by atoms with Crippen LogP contribution in [0.3, 0.4) is 0 Å². The maximum absolute atomic E-state index is 11.1. The van der Waals surface area contributed by atoms with E-state index in [0.29, 0.717) is 5.75 Å². The van der Waals surface area contributed by atoms with Gasteiger partial charge in [0.25, 0.3) is 11.8 Å². The van der Waals surface area contributed by atoms with Crippen molar-refractivity contribution in [3.63, 3.8) is 0 Å². The number of furan rings is 1. The van der Waals surface area contributed by atoms with Gasteiger partial charge in [0.2, 0.25) is 0 Å². The van der Waals surface area contributed by atoms with Gasteiger partial charge in [0.15, 0.2) is 5.75 Å². The molecule has 2 rings (SSSR count). The molecule has 0 aliphatic carbocycles. The zero-order valence-corrected chi connectivity index (χ0v) is 8.53.